The second-order valence-corrected chi connectivity index (χ2v) is 7.59. The number of piperidine rings is 1. The molecule has 120 valence electrons. The maximum absolute atomic E-state index is 12.8. The summed E-state index contributed by atoms with van der Waals surface area (Å²) < 4.78 is 28.9. The minimum absolute atomic E-state index is 0.0325. The van der Waals surface area contributed by atoms with E-state index in [4.69, 9.17) is 5.73 Å². The first-order valence-corrected chi connectivity index (χ1v) is 9.37. The lowest BCUT2D eigenvalue weighted by molar-refractivity contribution is 0.185. The Balaban J connectivity index is 2.88. The predicted molar refractivity (Wildman–Crippen MR) is 83.6 cm³/mol. The van der Waals surface area contributed by atoms with Gasteiger partial charge in [-0.1, -0.05) is 27.2 Å². The van der Waals surface area contributed by atoms with Crippen molar-refractivity contribution in [2.45, 2.75) is 58.9 Å². The van der Waals surface area contributed by atoms with Gasteiger partial charge in [0.1, 0.15) is 0 Å². The average Bonchev–Trinajstić information content (AvgIpc) is 2.46. The zero-order chi connectivity index (χ0) is 15.2. The van der Waals surface area contributed by atoms with E-state index in [0.717, 1.165) is 32.1 Å². The summed E-state index contributed by atoms with van der Waals surface area (Å²) in [5.74, 6) is 0.612. The van der Waals surface area contributed by atoms with Crippen molar-refractivity contribution in [3.63, 3.8) is 0 Å². The Kier molecular flexibility index (Phi) is 7.43. The molecule has 1 fully saturated rings. The molecule has 2 atom stereocenters. The van der Waals surface area contributed by atoms with Crippen LogP contribution in [0.2, 0.25) is 0 Å². The quantitative estimate of drug-likeness (QED) is 0.743. The monoisotopic (exact) mass is 305 g/mol. The van der Waals surface area contributed by atoms with Gasteiger partial charge in [-0.15, -0.1) is 0 Å². The average molecular weight is 305 g/mol. The second-order valence-electron chi connectivity index (χ2n) is 5.71. The molecule has 5 nitrogen and oxygen atoms in total. The molecule has 0 aromatic heterocycles. The van der Waals surface area contributed by atoms with Gasteiger partial charge in [0.05, 0.1) is 0 Å². The molecule has 0 aromatic carbocycles. The van der Waals surface area contributed by atoms with Crippen LogP contribution in [0.15, 0.2) is 0 Å². The molecule has 6 heteroatoms. The van der Waals surface area contributed by atoms with Crippen LogP contribution in [-0.2, 0) is 10.2 Å². The van der Waals surface area contributed by atoms with Crippen LogP contribution >= 0.6 is 0 Å². The highest BCUT2D eigenvalue weighted by Gasteiger charge is 2.37. The standard InChI is InChI=1S/C14H31N3O2S/c1-4-8-16(9-5-2)20(18,19)17-10-7-13(6-3)11-14(17)12-15/h13-14H,4-12,15H2,1-3H3. The van der Waals surface area contributed by atoms with Crippen molar-refractivity contribution >= 4 is 10.2 Å². The molecule has 0 aromatic rings. The second kappa shape index (κ2) is 8.32. The topological polar surface area (TPSA) is 66.6 Å². The molecule has 1 rings (SSSR count). The fraction of sp³-hybridized carbons (Fsp3) is 1.00. The largest absolute Gasteiger partial charge is 0.329 e. The highest BCUT2D eigenvalue weighted by Crippen LogP contribution is 2.28. The van der Waals surface area contributed by atoms with Crippen LogP contribution in [0.5, 0.6) is 0 Å². The van der Waals surface area contributed by atoms with E-state index in [1.165, 1.54) is 0 Å². The van der Waals surface area contributed by atoms with Gasteiger partial charge in [0.25, 0.3) is 10.2 Å². The van der Waals surface area contributed by atoms with Crippen molar-refractivity contribution < 1.29 is 8.42 Å². The molecule has 1 saturated heterocycles. The van der Waals surface area contributed by atoms with Crippen molar-refractivity contribution in [1.82, 2.24) is 8.61 Å². The lowest BCUT2D eigenvalue weighted by atomic mass is 9.90. The molecule has 0 spiro atoms. The van der Waals surface area contributed by atoms with Crippen molar-refractivity contribution in [3.8, 4) is 0 Å². The minimum atomic E-state index is -3.35. The lowest BCUT2D eigenvalue weighted by Crippen LogP contribution is -2.54. The van der Waals surface area contributed by atoms with Gasteiger partial charge in [0.15, 0.2) is 0 Å². The first-order chi connectivity index (χ1) is 9.51. The van der Waals surface area contributed by atoms with E-state index in [1.54, 1.807) is 8.61 Å². The van der Waals surface area contributed by atoms with E-state index in [-0.39, 0.29) is 6.04 Å². The summed E-state index contributed by atoms with van der Waals surface area (Å²) in [4.78, 5) is 0. The molecule has 0 saturated carbocycles. The van der Waals surface area contributed by atoms with E-state index >= 15 is 0 Å². The minimum Gasteiger partial charge on any atom is -0.329 e. The summed E-state index contributed by atoms with van der Waals surface area (Å²) in [5.41, 5.74) is 5.83. The number of nitrogens with two attached hydrogens (primary N) is 1. The smallest absolute Gasteiger partial charge is 0.282 e. The van der Waals surface area contributed by atoms with Gasteiger partial charge in [-0.2, -0.15) is 17.0 Å². The Bertz CT molecular complexity index is 367. The molecule has 2 N–H and O–H groups in total. The summed E-state index contributed by atoms with van der Waals surface area (Å²) in [6, 6.07) is -0.0325. The van der Waals surface area contributed by atoms with Crippen molar-refractivity contribution in [3.05, 3.63) is 0 Å². The summed E-state index contributed by atoms with van der Waals surface area (Å²) in [7, 11) is -3.35. The van der Waals surface area contributed by atoms with Crippen LogP contribution in [0, 0.1) is 5.92 Å². The molecule has 1 heterocycles. The molecule has 0 aliphatic carbocycles. The molecular weight excluding hydrogens is 274 g/mol. The third-order valence-corrected chi connectivity index (χ3v) is 6.28. The third kappa shape index (κ3) is 4.16. The van der Waals surface area contributed by atoms with Crippen LogP contribution in [0.3, 0.4) is 0 Å². The number of hydrogen-bond acceptors (Lipinski definition) is 3. The fourth-order valence-corrected chi connectivity index (χ4v) is 5.00. The van der Waals surface area contributed by atoms with E-state index in [2.05, 4.69) is 6.92 Å². The molecule has 20 heavy (non-hydrogen) atoms. The van der Waals surface area contributed by atoms with Crippen molar-refractivity contribution in [2.24, 2.45) is 11.7 Å². The Morgan fingerprint density at radius 1 is 1.20 bits per heavy atom. The highest BCUT2D eigenvalue weighted by atomic mass is 32.2. The maximum atomic E-state index is 12.8. The van der Waals surface area contributed by atoms with Gasteiger partial charge in [0.2, 0.25) is 0 Å². The van der Waals surface area contributed by atoms with Gasteiger partial charge >= 0.3 is 0 Å². The van der Waals surface area contributed by atoms with E-state index in [0.29, 0.717) is 32.1 Å². The van der Waals surface area contributed by atoms with Crippen LogP contribution in [0.25, 0.3) is 0 Å². The zero-order valence-electron chi connectivity index (χ0n) is 13.2. The molecule has 2 unspecified atom stereocenters. The van der Waals surface area contributed by atoms with Crippen molar-refractivity contribution in [1.29, 1.82) is 0 Å². The Hall–Kier alpha value is -0.170. The highest BCUT2D eigenvalue weighted by molar-refractivity contribution is 7.86. The van der Waals surface area contributed by atoms with Gasteiger partial charge in [-0.3, -0.25) is 0 Å². The van der Waals surface area contributed by atoms with Crippen LogP contribution < -0.4 is 5.73 Å². The SMILES string of the molecule is CCCN(CCC)S(=O)(=O)N1CCC(CC)CC1CN. The lowest BCUT2D eigenvalue weighted by Gasteiger charge is -2.40. The van der Waals surface area contributed by atoms with Crippen LogP contribution in [0.4, 0.5) is 0 Å². The molecule has 0 bridgehead atoms. The van der Waals surface area contributed by atoms with E-state index < -0.39 is 10.2 Å². The predicted octanol–water partition coefficient (Wildman–Crippen LogP) is 1.80. The van der Waals surface area contributed by atoms with Crippen LogP contribution in [0.1, 0.15) is 52.9 Å². The van der Waals surface area contributed by atoms with Crippen LogP contribution in [-0.4, -0.2) is 49.2 Å². The third-order valence-electron chi connectivity index (χ3n) is 4.19. The Labute approximate surface area is 124 Å². The molecule has 1 aliphatic rings. The summed E-state index contributed by atoms with van der Waals surface area (Å²) in [5, 5.41) is 0. The van der Waals surface area contributed by atoms with E-state index in [1.807, 2.05) is 13.8 Å². The normalized spacial score (nSPS) is 25.2. The summed E-state index contributed by atoms with van der Waals surface area (Å²) in [6.07, 6.45) is 4.66. The molecule has 1 aliphatic heterocycles. The first-order valence-electron chi connectivity index (χ1n) is 7.98. The zero-order valence-corrected chi connectivity index (χ0v) is 14.0. The fourth-order valence-electron chi connectivity index (χ4n) is 2.99. The molecular formula is C14H31N3O2S. The van der Waals surface area contributed by atoms with Gasteiger partial charge in [-0.25, -0.2) is 0 Å². The molecule has 0 amide bonds. The van der Waals surface area contributed by atoms with Gasteiger partial charge < -0.3 is 5.73 Å². The van der Waals surface area contributed by atoms with E-state index in [9.17, 15) is 8.42 Å². The summed E-state index contributed by atoms with van der Waals surface area (Å²) in [6.45, 7) is 8.43. The first kappa shape index (κ1) is 17.9. The summed E-state index contributed by atoms with van der Waals surface area (Å²) >= 11 is 0. The Morgan fingerprint density at radius 3 is 2.25 bits per heavy atom. The maximum Gasteiger partial charge on any atom is 0.282 e. The number of hydrogen-bond donors (Lipinski definition) is 1. The molecule has 0 radical (unpaired) electrons. The Morgan fingerprint density at radius 2 is 1.80 bits per heavy atom. The van der Waals surface area contributed by atoms with Crippen molar-refractivity contribution in [2.75, 3.05) is 26.2 Å². The van der Waals surface area contributed by atoms with Gasteiger partial charge in [0, 0.05) is 32.2 Å². The van der Waals surface area contributed by atoms with Gasteiger partial charge in [-0.05, 0) is 31.6 Å². The number of nitrogens with zero attached hydrogens (tertiary/aromatic N) is 2. The number of rotatable bonds is 8.